The Bertz CT molecular complexity index is 483. The van der Waals surface area contributed by atoms with Gasteiger partial charge >= 0.3 is 0 Å². The number of nitro benzene ring substituents is 1. The Kier molecular flexibility index (Phi) is 5.76. The number of nitrogens with one attached hydrogen (secondary N) is 1. The lowest BCUT2D eigenvalue weighted by Crippen LogP contribution is -2.33. The molecule has 0 aromatic heterocycles. The van der Waals surface area contributed by atoms with Crippen molar-refractivity contribution in [3.05, 3.63) is 33.9 Å². The summed E-state index contributed by atoms with van der Waals surface area (Å²) in [5.74, 6) is 0.438. The maximum absolute atomic E-state index is 10.7. The highest BCUT2D eigenvalue weighted by molar-refractivity contribution is 5.43. The van der Waals surface area contributed by atoms with Crippen LogP contribution in [0, 0.1) is 28.4 Å². The SMILES string of the molecule is CCCNC(C#N)COc1cc([N+](=O)[O-])ccc1C. The first-order valence-corrected chi connectivity index (χ1v) is 6.09. The zero-order chi connectivity index (χ0) is 14.3. The van der Waals surface area contributed by atoms with E-state index >= 15 is 0 Å². The Balaban J connectivity index is 2.68. The normalized spacial score (nSPS) is 11.6. The molecule has 1 aromatic carbocycles. The van der Waals surface area contributed by atoms with Gasteiger partial charge in [-0.25, -0.2) is 0 Å². The summed E-state index contributed by atoms with van der Waals surface area (Å²) in [6.45, 7) is 4.71. The standard InChI is InChI=1S/C13H17N3O3/c1-3-6-15-11(8-14)9-19-13-7-12(16(17)18)5-4-10(13)2/h4-5,7,11,15H,3,6,9H2,1-2H3. The third-order valence-corrected chi connectivity index (χ3v) is 2.58. The van der Waals surface area contributed by atoms with E-state index in [0.717, 1.165) is 18.5 Å². The zero-order valence-electron chi connectivity index (χ0n) is 11.0. The number of benzene rings is 1. The van der Waals surface area contributed by atoms with Crippen molar-refractivity contribution in [3.63, 3.8) is 0 Å². The van der Waals surface area contributed by atoms with Gasteiger partial charge in [-0.15, -0.1) is 0 Å². The van der Waals surface area contributed by atoms with E-state index in [1.54, 1.807) is 13.0 Å². The fraction of sp³-hybridized carbons (Fsp3) is 0.462. The van der Waals surface area contributed by atoms with Crippen LogP contribution in [0.5, 0.6) is 5.75 Å². The minimum atomic E-state index is -0.469. The van der Waals surface area contributed by atoms with Crippen LogP contribution in [0.25, 0.3) is 0 Å². The van der Waals surface area contributed by atoms with Crippen molar-refractivity contribution in [1.82, 2.24) is 5.32 Å². The Hall–Kier alpha value is -2.13. The highest BCUT2D eigenvalue weighted by atomic mass is 16.6. The molecule has 0 heterocycles. The molecule has 1 N–H and O–H groups in total. The third kappa shape index (κ3) is 4.56. The van der Waals surface area contributed by atoms with Gasteiger partial charge in [0.15, 0.2) is 0 Å². The number of nitro groups is 1. The molecule has 0 aliphatic heterocycles. The molecular weight excluding hydrogens is 246 g/mol. The summed E-state index contributed by atoms with van der Waals surface area (Å²) in [6, 6.07) is 6.12. The van der Waals surface area contributed by atoms with Gasteiger partial charge in [0.25, 0.3) is 5.69 Å². The summed E-state index contributed by atoms with van der Waals surface area (Å²) < 4.78 is 5.49. The largest absolute Gasteiger partial charge is 0.490 e. The fourth-order valence-electron chi connectivity index (χ4n) is 1.49. The molecule has 0 spiro atoms. The van der Waals surface area contributed by atoms with Crippen LogP contribution in [-0.4, -0.2) is 24.1 Å². The predicted octanol–water partition coefficient (Wildman–Crippen LogP) is 2.17. The second kappa shape index (κ2) is 7.34. The molecule has 19 heavy (non-hydrogen) atoms. The first-order chi connectivity index (χ1) is 9.08. The molecule has 6 nitrogen and oxygen atoms in total. The molecule has 102 valence electrons. The van der Waals surface area contributed by atoms with Gasteiger partial charge in [-0.1, -0.05) is 6.92 Å². The van der Waals surface area contributed by atoms with Crippen LogP contribution in [0.2, 0.25) is 0 Å². The van der Waals surface area contributed by atoms with Crippen LogP contribution >= 0.6 is 0 Å². The number of nitrogens with zero attached hydrogens (tertiary/aromatic N) is 2. The van der Waals surface area contributed by atoms with E-state index in [0.29, 0.717) is 5.75 Å². The van der Waals surface area contributed by atoms with Gasteiger partial charge in [0.05, 0.1) is 17.1 Å². The summed E-state index contributed by atoms with van der Waals surface area (Å²) in [6.07, 6.45) is 0.925. The van der Waals surface area contributed by atoms with E-state index in [4.69, 9.17) is 10.00 Å². The van der Waals surface area contributed by atoms with Crippen molar-refractivity contribution in [2.24, 2.45) is 0 Å². The second-order valence-corrected chi connectivity index (χ2v) is 4.15. The van der Waals surface area contributed by atoms with Crippen molar-refractivity contribution in [3.8, 4) is 11.8 Å². The van der Waals surface area contributed by atoms with Gasteiger partial charge in [-0.2, -0.15) is 5.26 Å². The highest BCUT2D eigenvalue weighted by Gasteiger charge is 2.12. The molecule has 1 unspecified atom stereocenters. The number of nitriles is 1. The van der Waals surface area contributed by atoms with Crippen molar-refractivity contribution in [1.29, 1.82) is 5.26 Å². The lowest BCUT2D eigenvalue weighted by molar-refractivity contribution is -0.384. The summed E-state index contributed by atoms with van der Waals surface area (Å²) in [5, 5.41) is 22.7. The minimum absolute atomic E-state index is 0.0179. The summed E-state index contributed by atoms with van der Waals surface area (Å²) in [4.78, 5) is 10.2. The van der Waals surface area contributed by atoms with Crippen LogP contribution in [-0.2, 0) is 0 Å². The van der Waals surface area contributed by atoms with Gasteiger partial charge in [0, 0.05) is 6.07 Å². The van der Waals surface area contributed by atoms with E-state index in [9.17, 15) is 10.1 Å². The van der Waals surface area contributed by atoms with E-state index in [1.165, 1.54) is 12.1 Å². The van der Waals surface area contributed by atoms with Gasteiger partial charge in [-0.3, -0.25) is 15.4 Å². The van der Waals surface area contributed by atoms with Crippen molar-refractivity contribution in [2.45, 2.75) is 26.3 Å². The minimum Gasteiger partial charge on any atom is -0.490 e. The fourth-order valence-corrected chi connectivity index (χ4v) is 1.49. The smallest absolute Gasteiger partial charge is 0.273 e. The van der Waals surface area contributed by atoms with Crippen LogP contribution < -0.4 is 10.1 Å². The highest BCUT2D eigenvalue weighted by Crippen LogP contribution is 2.24. The topological polar surface area (TPSA) is 88.2 Å². The van der Waals surface area contributed by atoms with Crippen LogP contribution in [0.4, 0.5) is 5.69 Å². The van der Waals surface area contributed by atoms with E-state index < -0.39 is 11.0 Å². The van der Waals surface area contributed by atoms with E-state index in [1.807, 2.05) is 6.92 Å². The lowest BCUT2D eigenvalue weighted by atomic mass is 10.2. The van der Waals surface area contributed by atoms with Crippen molar-refractivity contribution >= 4 is 5.69 Å². The Labute approximate surface area is 112 Å². The van der Waals surface area contributed by atoms with Gasteiger partial charge in [-0.05, 0) is 31.5 Å². The first kappa shape index (κ1) is 14.9. The van der Waals surface area contributed by atoms with Crippen LogP contribution in [0.15, 0.2) is 18.2 Å². The molecular formula is C13H17N3O3. The van der Waals surface area contributed by atoms with Crippen LogP contribution in [0.1, 0.15) is 18.9 Å². The second-order valence-electron chi connectivity index (χ2n) is 4.15. The van der Waals surface area contributed by atoms with Gasteiger partial charge in [0.2, 0.25) is 0 Å². The van der Waals surface area contributed by atoms with Crippen LogP contribution in [0.3, 0.4) is 0 Å². The predicted molar refractivity (Wildman–Crippen MR) is 71.0 cm³/mol. The molecule has 0 saturated heterocycles. The monoisotopic (exact) mass is 263 g/mol. The van der Waals surface area contributed by atoms with Gasteiger partial charge < -0.3 is 4.74 Å². The molecule has 0 saturated carbocycles. The van der Waals surface area contributed by atoms with Gasteiger partial charge in [0.1, 0.15) is 18.4 Å². The Morgan fingerprint density at radius 1 is 1.58 bits per heavy atom. The summed E-state index contributed by atoms with van der Waals surface area (Å²) >= 11 is 0. The molecule has 6 heteroatoms. The summed E-state index contributed by atoms with van der Waals surface area (Å²) in [5.41, 5.74) is 0.786. The Morgan fingerprint density at radius 3 is 2.89 bits per heavy atom. The maximum Gasteiger partial charge on any atom is 0.273 e. The van der Waals surface area contributed by atoms with Crippen molar-refractivity contribution in [2.75, 3.05) is 13.2 Å². The maximum atomic E-state index is 10.7. The number of rotatable bonds is 7. The summed E-state index contributed by atoms with van der Waals surface area (Å²) in [7, 11) is 0. The molecule has 1 aromatic rings. The number of ether oxygens (including phenoxy) is 1. The number of hydrogen-bond donors (Lipinski definition) is 1. The molecule has 1 rings (SSSR count). The zero-order valence-corrected chi connectivity index (χ0v) is 11.0. The third-order valence-electron chi connectivity index (χ3n) is 2.58. The quantitative estimate of drug-likeness (QED) is 0.601. The van der Waals surface area contributed by atoms with E-state index in [-0.39, 0.29) is 12.3 Å². The van der Waals surface area contributed by atoms with E-state index in [2.05, 4.69) is 11.4 Å². The number of hydrogen-bond acceptors (Lipinski definition) is 5. The first-order valence-electron chi connectivity index (χ1n) is 6.09. The lowest BCUT2D eigenvalue weighted by Gasteiger charge is -2.13. The molecule has 1 atom stereocenters. The van der Waals surface area contributed by atoms with Crippen molar-refractivity contribution < 1.29 is 9.66 Å². The Morgan fingerprint density at radius 2 is 2.32 bits per heavy atom. The molecule has 0 aliphatic rings. The number of aryl methyl sites for hydroxylation is 1. The molecule has 0 amide bonds. The molecule has 0 aliphatic carbocycles. The number of non-ortho nitro benzene ring substituents is 1. The molecule has 0 bridgehead atoms. The molecule has 0 radical (unpaired) electrons. The average molecular weight is 263 g/mol. The average Bonchev–Trinajstić information content (AvgIpc) is 2.40. The molecule has 0 fully saturated rings.